The van der Waals surface area contributed by atoms with Gasteiger partial charge in [-0.05, 0) is 61.2 Å². The van der Waals surface area contributed by atoms with Crippen LogP contribution >= 0.6 is 11.6 Å². The molecule has 1 N–H and O–H groups in total. The number of hydrogen-bond donors (Lipinski definition) is 1. The summed E-state index contributed by atoms with van der Waals surface area (Å²) in [7, 11) is 0. The van der Waals surface area contributed by atoms with Crippen molar-refractivity contribution in [2.24, 2.45) is 5.92 Å². The molecular weight excluding hydrogens is 388 g/mol. The Kier molecular flexibility index (Phi) is 5.67. The average molecular weight is 411 g/mol. The Morgan fingerprint density at radius 3 is 2.10 bits per heavy atom. The lowest BCUT2D eigenvalue weighted by atomic mass is 9.88. The molecule has 150 valence electrons. The molecule has 2 heterocycles. The molecule has 2 aromatic rings. The molecule has 4 rings (SSSR count). The highest BCUT2D eigenvalue weighted by Gasteiger charge is 2.29. The SMILES string of the molecule is O=C(c1ccc(Cl)cc1)C1CCN(C(=O)c2ccc(C3CCNC3=O)cc2)CC1. The minimum absolute atomic E-state index is 0.0233. The minimum atomic E-state index is -0.117. The van der Waals surface area contributed by atoms with Crippen molar-refractivity contribution in [3.05, 3.63) is 70.2 Å². The van der Waals surface area contributed by atoms with Crippen molar-refractivity contribution in [3.63, 3.8) is 0 Å². The molecule has 2 amide bonds. The van der Waals surface area contributed by atoms with Crippen molar-refractivity contribution in [3.8, 4) is 0 Å². The van der Waals surface area contributed by atoms with Crippen molar-refractivity contribution in [1.29, 1.82) is 0 Å². The van der Waals surface area contributed by atoms with Crippen LogP contribution in [0.25, 0.3) is 0 Å². The van der Waals surface area contributed by atoms with Crippen LogP contribution in [0.3, 0.4) is 0 Å². The quantitative estimate of drug-likeness (QED) is 0.782. The number of halogens is 1. The molecule has 1 unspecified atom stereocenters. The van der Waals surface area contributed by atoms with E-state index in [1.165, 1.54) is 0 Å². The average Bonchev–Trinajstić information content (AvgIpc) is 3.19. The molecule has 1 atom stereocenters. The van der Waals surface area contributed by atoms with Crippen molar-refractivity contribution in [1.82, 2.24) is 10.2 Å². The highest BCUT2D eigenvalue weighted by Crippen LogP contribution is 2.26. The van der Waals surface area contributed by atoms with Gasteiger partial charge in [-0.15, -0.1) is 0 Å². The molecule has 0 saturated carbocycles. The Labute approximate surface area is 175 Å². The summed E-state index contributed by atoms with van der Waals surface area (Å²) in [6, 6.07) is 14.3. The van der Waals surface area contributed by atoms with Crippen LogP contribution in [0.2, 0.25) is 5.02 Å². The topological polar surface area (TPSA) is 66.5 Å². The molecule has 0 aliphatic carbocycles. The second kappa shape index (κ2) is 8.37. The van der Waals surface area contributed by atoms with Crippen LogP contribution < -0.4 is 5.32 Å². The van der Waals surface area contributed by atoms with Gasteiger partial charge in [0.25, 0.3) is 5.91 Å². The van der Waals surface area contributed by atoms with Crippen LogP contribution in [-0.4, -0.2) is 42.1 Å². The number of carbonyl (C=O) groups is 3. The third-order valence-electron chi connectivity index (χ3n) is 5.89. The van der Waals surface area contributed by atoms with E-state index in [0.717, 1.165) is 12.0 Å². The van der Waals surface area contributed by atoms with Gasteiger partial charge in [0.15, 0.2) is 5.78 Å². The lowest BCUT2D eigenvalue weighted by molar-refractivity contribution is -0.120. The number of piperidine rings is 1. The lowest BCUT2D eigenvalue weighted by Crippen LogP contribution is -2.40. The molecule has 2 aromatic carbocycles. The second-order valence-corrected chi connectivity index (χ2v) is 8.13. The molecule has 0 bridgehead atoms. The standard InChI is InChI=1S/C23H23ClN2O3/c24-19-7-5-16(6-8-19)21(27)17-10-13-26(14-11-17)23(29)18-3-1-15(2-4-18)20-9-12-25-22(20)28/h1-8,17,20H,9-14H2,(H,25,28). The summed E-state index contributed by atoms with van der Waals surface area (Å²) in [5.41, 5.74) is 2.24. The largest absolute Gasteiger partial charge is 0.356 e. The minimum Gasteiger partial charge on any atom is -0.356 e. The first kappa shape index (κ1) is 19.6. The zero-order chi connectivity index (χ0) is 20.4. The van der Waals surface area contributed by atoms with Crippen molar-refractivity contribution in [2.45, 2.75) is 25.2 Å². The molecule has 2 aliphatic heterocycles. The van der Waals surface area contributed by atoms with Crippen molar-refractivity contribution < 1.29 is 14.4 Å². The monoisotopic (exact) mass is 410 g/mol. The Hall–Kier alpha value is -2.66. The summed E-state index contributed by atoms with van der Waals surface area (Å²) in [6.45, 7) is 1.83. The number of nitrogens with zero attached hydrogens (tertiary/aromatic N) is 1. The molecule has 2 aliphatic rings. The van der Waals surface area contributed by atoms with Crippen LogP contribution in [0.15, 0.2) is 48.5 Å². The molecule has 0 radical (unpaired) electrons. The van der Waals surface area contributed by atoms with E-state index < -0.39 is 0 Å². The van der Waals surface area contributed by atoms with E-state index in [4.69, 9.17) is 11.6 Å². The molecule has 6 heteroatoms. The van der Waals surface area contributed by atoms with Crippen molar-refractivity contribution >= 4 is 29.2 Å². The van der Waals surface area contributed by atoms with Gasteiger partial charge >= 0.3 is 0 Å². The Morgan fingerprint density at radius 2 is 1.52 bits per heavy atom. The number of amides is 2. The molecular formula is C23H23ClN2O3. The van der Waals surface area contributed by atoms with Gasteiger partial charge in [0.2, 0.25) is 5.91 Å². The van der Waals surface area contributed by atoms with E-state index in [1.807, 2.05) is 17.0 Å². The highest BCUT2D eigenvalue weighted by molar-refractivity contribution is 6.30. The molecule has 29 heavy (non-hydrogen) atoms. The number of ketones is 1. The predicted molar refractivity (Wildman–Crippen MR) is 111 cm³/mol. The van der Waals surface area contributed by atoms with E-state index >= 15 is 0 Å². The van der Waals surface area contributed by atoms with Crippen LogP contribution in [0.1, 0.15) is 51.5 Å². The van der Waals surface area contributed by atoms with E-state index in [-0.39, 0.29) is 29.4 Å². The van der Waals surface area contributed by atoms with Gasteiger partial charge in [-0.3, -0.25) is 14.4 Å². The zero-order valence-electron chi connectivity index (χ0n) is 16.1. The third kappa shape index (κ3) is 4.20. The van der Waals surface area contributed by atoms with E-state index in [1.54, 1.807) is 36.4 Å². The van der Waals surface area contributed by atoms with Gasteiger partial charge in [-0.25, -0.2) is 0 Å². The molecule has 2 fully saturated rings. The fourth-order valence-electron chi connectivity index (χ4n) is 4.15. The van der Waals surface area contributed by atoms with E-state index in [9.17, 15) is 14.4 Å². The molecule has 5 nitrogen and oxygen atoms in total. The Morgan fingerprint density at radius 1 is 0.897 bits per heavy atom. The van der Waals surface area contributed by atoms with Crippen LogP contribution in [-0.2, 0) is 4.79 Å². The molecule has 0 aromatic heterocycles. The maximum absolute atomic E-state index is 12.8. The van der Waals surface area contributed by atoms with Gasteiger partial charge in [-0.1, -0.05) is 23.7 Å². The van der Waals surface area contributed by atoms with Gasteiger partial charge < -0.3 is 10.2 Å². The lowest BCUT2D eigenvalue weighted by Gasteiger charge is -2.31. The zero-order valence-corrected chi connectivity index (χ0v) is 16.8. The maximum Gasteiger partial charge on any atom is 0.253 e. The Bertz CT molecular complexity index is 916. The summed E-state index contributed by atoms with van der Waals surface area (Å²) < 4.78 is 0. The number of benzene rings is 2. The number of Topliss-reactive ketones (excluding diaryl/α,β-unsaturated/α-hetero) is 1. The van der Waals surface area contributed by atoms with Gasteiger partial charge in [-0.2, -0.15) is 0 Å². The number of nitrogens with one attached hydrogen (secondary N) is 1. The second-order valence-electron chi connectivity index (χ2n) is 7.69. The Balaban J connectivity index is 1.35. The first-order valence-electron chi connectivity index (χ1n) is 9.99. The first-order valence-corrected chi connectivity index (χ1v) is 10.4. The van der Waals surface area contributed by atoms with Crippen LogP contribution in [0.4, 0.5) is 0 Å². The van der Waals surface area contributed by atoms with E-state index in [2.05, 4.69) is 5.32 Å². The molecule has 0 spiro atoms. The van der Waals surface area contributed by atoms with E-state index in [0.29, 0.717) is 48.6 Å². The van der Waals surface area contributed by atoms with Gasteiger partial charge in [0.05, 0.1) is 5.92 Å². The fourth-order valence-corrected chi connectivity index (χ4v) is 4.27. The van der Waals surface area contributed by atoms with Gasteiger partial charge in [0, 0.05) is 41.7 Å². The van der Waals surface area contributed by atoms with Crippen LogP contribution in [0.5, 0.6) is 0 Å². The van der Waals surface area contributed by atoms with Crippen molar-refractivity contribution in [2.75, 3.05) is 19.6 Å². The van der Waals surface area contributed by atoms with Gasteiger partial charge in [0.1, 0.15) is 0 Å². The number of rotatable bonds is 4. The fraction of sp³-hybridized carbons (Fsp3) is 0.348. The first-order chi connectivity index (χ1) is 14.0. The maximum atomic E-state index is 12.8. The summed E-state index contributed by atoms with van der Waals surface area (Å²) in [5.74, 6) is -0.0356. The summed E-state index contributed by atoms with van der Waals surface area (Å²) >= 11 is 5.89. The normalized spacial score (nSPS) is 19.8. The number of hydrogen-bond acceptors (Lipinski definition) is 3. The summed E-state index contributed by atoms with van der Waals surface area (Å²) in [6.07, 6.45) is 2.11. The summed E-state index contributed by atoms with van der Waals surface area (Å²) in [4.78, 5) is 39.1. The number of likely N-dealkylation sites (tertiary alicyclic amines) is 1. The predicted octanol–water partition coefficient (Wildman–Crippen LogP) is 3.68. The van der Waals surface area contributed by atoms with Crippen LogP contribution in [0, 0.1) is 5.92 Å². The molecule has 2 saturated heterocycles. The third-order valence-corrected chi connectivity index (χ3v) is 6.14. The highest BCUT2D eigenvalue weighted by atomic mass is 35.5. The number of carbonyl (C=O) groups excluding carboxylic acids is 3. The summed E-state index contributed by atoms with van der Waals surface area (Å²) in [5, 5.41) is 3.45. The smallest absolute Gasteiger partial charge is 0.253 e.